The minimum Gasteiger partial charge on any atom is -0.355 e. The Bertz CT molecular complexity index is 1130. The molecule has 1 saturated heterocycles. The van der Waals surface area contributed by atoms with Crippen LogP contribution < -0.4 is 15.8 Å². The lowest BCUT2D eigenvalue weighted by Crippen LogP contribution is -2.53. The molecule has 1 N–H and O–H groups in total. The molecular weight excluding hydrogens is 398 g/mol. The lowest BCUT2D eigenvalue weighted by atomic mass is 9.78. The zero-order valence-electron chi connectivity index (χ0n) is 16.7. The third kappa shape index (κ3) is 3.41. The van der Waals surface area contributed by atoms with Gasteiger partial charge in [0.2, 0.25) is 5.91 Å². The summed E-state index contributed by atoms with van der Waals surface area (Å²) in [5.41, 5.74) is 0.829. The standard InChI is InChI=1S/C22H23N5O2S/c1-14-23-8-7-19(25-14)26-12-15-10-16(13-26)21(27-18(15)5-2-6-20(27)28)22(29)24-11-17-4-3-9-30-17/h2-9,15-16,21H,10-13H2,1H3,(H,24,29)/t15-,16+,21+/m0/s1. The number of nitrogens with zero attached hydrogens (tertiary/aromatic N) is 4. The molecule has 0 spiro atoms. The van der Waals surface area contributed by atoms with Gasteiger partial charge >= 0.3 is 0 Å². The molecule has 0 aliphatic carbocycles. The maximum absolute atomic E-state index is 13.3. The average molecular weight is 422 g/mol. The summed E-state index contributed by atoms with van der Waals surface area (Å²) in [5, 5.41) is 5.05. The molecule has 0 radical (unpaired) electrons. The van der Waals surface area contributed by atoms with Crippen molar-refractivity contribution < 1.29 is 4.79 Å². The second kappa shape index (κ2) is 7.68. The molecule has 3 atom stereocenters. The summed E-state index contributed by atoms with van der Waals surface area (Å²) in [4.78, 5) is 38.2. The molecular formula is C22H23N5O2S. The number of thiophene rings is 1. The van der Waals surface area contributed by atoms with Crippen LogP contribution in [0.1, 0.15) is 34.8 Å². The molecule has 5 rings (SSSR count). The van der Waals surface area contributed by atoms with Crippen LogP contribution in [0.4, 0.5) is 5.82 Å². The fraction of sp³-hybridized carbons (Fsp3) is 0.364. The first-order valence-electron chi connectivity index (χ1n) is 10.2. The molecule has 1 fully saturated rings. The minimum absolute atomic E-state index is 0.0370. The van der Waals surface area contributed by atoms with Gasteiger partial charge in [-0.3, -0.25) is 14.2 Å². The van der Waals surface area contributed by atoms with E-state index in [1.807, 2.05) is 36.6 Å². The van der Waals surface area contributed by atoms with Gasteiger partial charge in [0, 0.05) is 47.8 Å². The monoisotopic (exact) mass is 421 g/mol. The summed E-state index contributed by atoms with van der Waals surface area (Å²) < 4.78 is 1.73. The molecule has 2 aliphatic heterocycles. The van der Waals surface area contributed by atoms with E-state index in [9.17, 15) is 9.59 Å². The Morgan fingerprint density at radius 2 is 2.13 bits per heavy atom. The number of rotatable bonds is 4. The smallest absolute Gasteiger partial charge is 0.251 e. The van der Waals surface area contributed by atoms with Crippen LogP contribution in [0.2, 0.25) is 0 Å². The van der Waals surface area contributed by atoms with Gasteiger partial charge in [0.1, 0.15) is 17.7 Å². The minimum atomic E-state index is -0.518. The predicted molar refractivity (Wildman–Crippen MR) is 116 cm³/mol. The lowest BCUT2D eigenvalue weighted by molar-refractivity contribution is -0.127. The first kappa shape index (κ1) is 19.0. The highest BCUT2D eigenvalue weighted by Crippen LogP contribution is 2.42. The SMILES string of the molecule is Cc1nccc(N2C[C@@H]3C[C@H](C2)[C@H](C(=O)NCc2cccs2)n2c3cccc2=O)n1. The Labute approximate surface area is 178 Å². The summed E-state index contributed by atoms with van der Waals surface area (Å²) >= 11 is 1.61. The second-order valence-electron chi connectivity index (χ2n) is 7.96. The van der Waals surface area contributed by atoms with Gasteiger partial charge in [0.25, 0.3) is 5.56 Å². The Morgan fingerprint density at radius 3 is 2.93 bits per heavy atom. The summed E-state index contributed by atoms with van der Waals surface area (Å²) in [7, 11) is 0. The van der Waals surface area contributed by atoms with Crippen LogP contribution in [0.5, 0.6) is 0 Å². The zero-order chi connectivity index (χ0) is 20.7. The van der Waals surface area contributed by atoms with Crippen molar-refractivity contribution in [2.45, 2.75) is 31.8 Å². The third-order valence-electron chi connectivity index (χ3n) is 6.02. The highest BCUT2D eigenvalue weighted by Gasteiger charge is 2.44. The number of hydrogen-bond donors (Lipinski definition) is 1. The van der Waals surface area contributed by atoms with Crippen molar-refractivity contribution in [2.24, 2.45) is 5.92 Å². The Balaban J connectivity index is 1.49. The first-order valence-corrected chi connectivity index (χ1v) is 11.0. The van der Waals surface area contributed by atoms with Gasteiger partial charge in [-0.2, -0.15) is 0 Å². The largest absolute Gasteiger partial charge is 0.355 e. The quantitative estimate of drug-likeness (QED) is 0.700. The fourth-order valence-corrected chi connectivity index (χ4v) is 5.41. The van der Waals surface area contributed by atoms with E-state index in [-0.39, 0.29) is 23.3 Å². The summed E-state index contributed by atoms with van der Waals surface area (Å²) in [6.07, 6.45) is 2.66. The van der Waals surface area contributed by atoms with Gasteiger partial charge in [0.05, 0.1) is 6.54 Å². The number of pyridine rings is 1. The molecule has 154 valence electrons. The highest BCUT2D eigenvalue weighted by atomic mass is 32.1. The van der Waals surface area contributed by atoms with Crippen LogP contribution in [0.15, 0.2) is 52.8 Å². The van der Waals surface area contributed by atoms with Crippen molar-refractivity contribution in [3.8, 4) is 0 Å². The summed E-state index contributed by atoms with van der Waals surface area (Å²) in [6.45, 7) is 3.82. The van der Waals surface area contributed by atoms with Crippen molar-refractivity contribution in [3.63, 3.8) is 0 Å². The van der Waals surface area contributed by atoms with Gasteiger partial charge in [-0.25, -0.2) is 9.97 Å². The van der Waals surface area contributed by atoms with Crippen LogP contribution in [0.3, 0.4) is 0 Å². The lowest BCUT2D eigenvalue weighted by Gasteiger charge is -2.46. The Morgan fingerprint density at radius 1 is 1.23 bits per heavy atom. The maximum atomic E-state index is 13.3. The van der Waals surface area contributed by atoms with Crippen molar-refractivity contribution in [3.05, 3.63) is 74.7 Å². The number of carbonyl (C=O) groups is 1. The van der Waals surface area contributed by atoms with Gasteiger partial charge in [-0.15, -0.1) is 11.3 Å². The number of fused-ring (bicyclic) bond motifs is 4. The van der Waals surface area contributed by atoms with E-state index in [4.69, 9.17) is 0 Å². The molecule has 0 saturated carbocycles. The molecule has 2 bridgehead atoms. The van der Waals surface area contributed by atoms with E-state index in [0.29, 0.717) is 13.1 Å². The number of anilines is 1. The second-order valence-corrected chi connectivity index (χ2v) is 8.99. The molecule has 2 aliphatic rings. The number of carbonyl (C=O) groups excluding carboxylic acids is 1. The van der Waals surface area contributed by atoms with Gasteiger partial charge in [0.15, 0.2) is 0 Å². The zero-order valence-corrected chi connectivity index (χ0v) is 17.5. The van der Waals surface area contributed by atoms with Crippen molar-refractivity contribution >= 4 is 23.1 Å². The van der Waals surface area contributed by atoms with Crippen LogP contribution in [-0.2, 0) is 11.3 Å². The number of amides is 1. The molecule has 0 unspecified atom stereocenters. The van der Waals surface area contributed by atoms with E-state index in [1.54, 1.807) is 34.2 Å². The number of aryl methyl sites for hydroxylation is 1. The summed E-state index contributed by atoms with van der Waals surface area (Å²) in [6, 6.07) is 10.7. The average Bonchev–Trinajstić information content (AvgIpc) is 3.26. The first-order chi connectivity index (χ1) is 14.6. The Kier molecular flexibility index (Phi) is 4.86. The van der Waals surface area contributed by atoms with E-state index in [1.165, 1.54) is 0 Å². The van der Waals surface area contributed by atoms with Crippen molar-refractivity contribution in [2.75, 3.05) is 18.0 Å². The van der Waals surface area contributed by atoms with Crippen molar-refractivity contribution in [1.82, 2.24) is 19.9 Å². The predicted octanol–water partition coefficient (Wildman–Crippen LogP) is 2.49. The number of piperidine rings is 1. The molecule has 0 aromatic carbocycles. The van der Waals surface area contributed by atoms with Crippen LogP contribution in [0.25, 0.3) is 0 Å². The van der Waals surface area contributed by atoms with E-state index < -0.39 is 6.04 Å². The molecule has 3 aromatic heterocycles. The summed E-state index contributed by atoms with van der Waals surface area (Å²) in [5.74, 6) is 1.73. The van der Waals surface area contributed by atoms with E-state index in [0.717, 1.165) is 35.2 Å². The van der Waals surface area contributed by atoms with Gasteiger partial charge in [-0.1, -0.05) is 12.1 Å². The topological polar surface area (TPSA) is 80.1 Å². The molecule has 3 aromatic rings. The van der Waals surface area contributed by atoms with E-state index >= 15 is 0 Å². The molecule has 7 nitrogen and oxygen atoms in total. The van der Waals surface area contributed by atoms with Crippen LogP contribution in [0, 0.1) is 12.8 Å². The molecule has 30 heavy (non-hydrogen) atoms. The third-order valence-corrected chi connectivity index (χ3v) is 6.89. The fourth-order valence-electron chi connectivity index (χ4n) is 4.77. The maximum Gasteiger partial charge on any atom is 0.251 e. The normalized spacial score (nSPS) is 22.4. The Hall–Kier alpha value is -3.00. The molecule has 8 heteroatoms. The van der Waals surface area contributed by atoms with Crippen LogP contribution >= 0.6 is 11.3 Å². The van der Waals surface area contributed by atoms with Crippen LogP contribution in [-0.4, -0.2) is 33.5 Å². The number of hydrogen-bond acceptors (Lipinski definition) is 6. The highest BCUT2D eigenvalue weighted by molar-refractivity contribution is 7.09. The van der Waals surface area contributed by atoms with Crippen molar-refractivity contribution in [1.29, 1.82) is 0 Å². The van der Waals surface area contributed by atoms with Gasteiger partial charge < -0.3 is 10.2 Å². The van der Waals surface area contributed by atoms with Gasteiger partial charge in [-0.05, 0) is 36.9 Å². The molecule has 1 amide bonds. The number of aromatic nitrogens is 3. The number of nitrogens with one attached hydrogen (secondary N) is 1. The molecule has 5 heterocycles. The van der Waals surface area contributed by atoms with E-state index in [2.05, 4.69) is 20.2 Å².